The highest BCUT2D eigenvalue weighted by Gasteiger charge is 2.35. The lowest BCUT2D eigenvalue weighted by molar-refractivity contribution is -0.118. The van der Waals surface area contributed by atoms with Crippen LogP contribution in [0.2, 0.25) is 0 Å². The summed E-state index contributed by atoms with van der Waals surface area (Å²) in [6.07, 6.45) is -0.414. The second-order valence-electron chi connectivity index (χ2n) is 6.45. The van der Waals surface area contributed by atoms with Crippen molar-refractivity contribution < 1.29 is 28.6 Å². The Bertz CT molecular complexity index is 684. The second-order valence-corrected chi connectivity index (χ2v) is 6.45. The molecule has 1 aromatic carbocycles. The minimum absolute atomic E-state index is 0.0153. The standard InChI is InChI=1S/C16H19FN2O5/c1-16(2,3)24-15(23)18-11-6-7-19(13(11)20)12-5-4-9(14(21)22)8-10(12)17/h4-5,8,11H,6-7H2,1-3H3,(H,18,23)(H,21,22). The van der Waals surface area contributed by atoms with Crippen molar-refractivity contribution >= 4 is 23.7 Å². The lowest BCUT2D eigenvalue weighted by Crippen LogP contribution is -2.43. The van der Waals surface area contributed by atoms with E-state index in [2.05, 4.69) is 5.32 Å². The van der Waals surface area contributed by atoms with Crippen LogP contribution >= 0.6 is 0 Å². The zero-order valence-electron chi connectivity index (χ0n) is 13.6. The summed E-state index contributed by atoms with van der Waals surface area (Å²) in [5, 5.41) is 11.3. The lowest BCUT2D eigenvalue weighted by atomic mass is 10.2. The van der Waals surface area contributed by atoms with Crippen LogP contribution in [0.3, 0.4) is 0 Å². The van der Waals surface area contributed by atoms with Gasteiger partial charge in [-0.1, -0.05) is 0 Å². The molecular formula is C16H19FN2O5. The number of carboxylic acid groups (broad SMARTS) is 1. The number of nitrogens with one attached hydrogen (secondary N) is 1. The fourth-order valence-corrected chi connectivity index (χ4v) is 2.36. The number of rotatable bonds is 3. The van der Waals surface area contributed by atoms with E-state index >= 15 is 0 Å². The van der Waals surface area contributed by atoms with Crippen LogP contribution in [-0.4, -0.2) is 41.3 Å². The number of alkyl carbamates (subject to hydrolysis) is 1. The minimum Gasteiger partial charge on any atom is -0.478 e. The molecule has 1 heterocycles. The molecule has 1 aliphatic heterocycles. The van der Waals surface area contributed by atoms with E-state index in [0.717, 1.165) is 6.07 Å². The number of hydrogen-bond acceptors (Lipinski definition) is 4. The second kappa shape index (κ2) is 6.46. The number of anilines is 1. The fourth-order valence-electron chi connectivity index (χ4n) is 2.36. The third-order valence-corrected chi connectivity index (χ3v) is 3.38. The summed E-state index contributed by atoms with van der Waals surface area (Å²) in [6.45, 7) is 5.32. The first-order valence-corrected chi connectivity index (χ1v) is 7.42. The monoisotopic (exact) mass is 338 g/mol. The van der Waals surface area contributed by atoms with Crippen LogP contribution in [0.4, 0.5) is 14.9 Å². The predicted molar refractivity (Wildman–Crippen MR) is 83.5 cm³/mol. The quantitative estimate of drug-likeness (QED) is 0.880. The Balaban J connectivity index is 2.09. The van der Waals surface area contributed by atoms with Gasteiger partial charge in [0.15, 0.2) is 0 Å². The number of hydrogen-bond donors (Lipinski definition) is 2. The third-order valence-electron chi connectivity index (χ3n) is 3.38. The Morgan fingerprint density at radius 1 is 1.38 bits per heavy atom. The highest BCUT2D eigenvalue weighted by Crippen LogP contribution is 2.26. The highest BCUT2D eigenvalue weighted by molar-refractivity contribution is 6.01. The fraction of sp³-hybridized carbons (Fsp3) is 0.438. The van der Waals surface area contributed by atoms with E-state index < -0.39 is 35.4 Å². The Labute approximate surface area is 138 Å². The van der Waals surface area contributed by atoms with Gasteiger partial charge in [0.05, 0.1) is 11.3 Å². The van der Waals surface area contributed by atoms with E-state index in [9.17, 15) is 18.8 Å². The Kier molecular flexibility index (Phi) is 4.77. The molecule has 24 heavy (non-hydrogen) atoms. The molecule has 2 rings (SSSR count). The van der Waals surface area contributed by atoms with Gasteiger partial charge in [-0.05, 0) is 45.4 Å². The molecule has 0 bridgehead atoms. The first kappa shape index (κ1) is 17.7. The number of nitrogens with zero attached hydrogens (tertiary/aromatic N) is 1. The third kappa shape index (κ3) is 4.01. The van der Waals surface area contributed by atoms with Crippen molar-refractivity contribution in [1.29, 1.82) is 0 Å². The topological polar surface area (TPSA) is 95.9 Å². The largest absolute Gasteiger partial charge is 0.478 e. The van der Waals surface area contributed by atoms with Gasteiger partial charge in [-0.25, -0.2) is 14.0 Å². The van der Waals surface area contributed by atoms with Crippen LogP contribution < -0.4 is 10.2 Å². The van der Waals surface area contributed by atoms with Gasteiger partial charge in [-0.2, -0.15) is 0 Å². The SMILES string of the molecule is CC(C)(C)OC(=O)NC1CCN(c2ccc(C(=O)O)cc2F)C1=O. The van der Waals surface area contributed by atoms with E-state index in [4.69, 9.17) is 9.84 Å². The number of carbonyl (C=O) groups is 3. The smallest absolute Gasteiger partial charge is 0.408 e. The Morgan fingerprint density at radius 2 is 2.04 bits per heavy atom. The molecule has 2 N–H and O–H groups in total. The number of carbonyl (C=O) groups excluding carboxylic acids is 2. The average Bonchev–Trinajstić information content (AvgIpc) is 2.78. The molecule has 0 saturated carbocycles. The van der Waals surface area contributed by atoms with Crippen molar-refractivity contribution in [3.05, 3.63) is 29.6 Å². The molecule has 1 aliphatic rings. The van der Waals surface area contributed by atoms with E-state index in [1.807, 2.05) is 0 Å². The van der Waals surface area contributed by atoms with Gasteiger partial charge in [-0.3, -0.25) is 4.79 Å². The van der Waals surface area contributed by atoms with Gasteiger partial charge in [0.1, 0.15) is 17.5 Å². The van der Waals surface area contributed by atoms with Gasteiger partial charge >= 0.3 is 12.1 Å². The molecule has 8 heteroatoms. The average molecular weight is 338 g/mol. The van der Waals surface area contributed by atoms with Crippen molar-refractivity contribution in [2.24, 2.45) is 0 Å². The molecule has 0 aromatic heterocycles. The molecule has 0 radical (unpaired) electrons. The molecule has 1 fully saturated rings. The normalized spacial score (nSPS) is 17.8. The van der Waals surface area contributed by atoms with Gasteiger partial charge < -0.3 is 20.1 Å². The number of ether oxygens (including phenoxy) is 1. The molecule has 1 saturated heterocycles. The van der Waals surface area contributed by atoms with E-state index in [1.165, 1.54) is 17.0 Å². The Hall–Kier alpha value is -2.64. The van der Waals surface area contributed by atoms with Crippen molar-refractivity contribution in [2.45, 2.75) is 38.8 Å². The summed E-state index contributed by atoms with van der Waals surface area (Å²) in [7, 11) is 0. The van der Waals surface area contributed by atoms with Crippen LogP contribution in [0.1, 0.15) is 37.6 Å². The molecule has 2 amide bonds. The Morgan fingerprint density at radius 3 is 2.58 bits per heavy atom. The number of halogens is 1. The summed E-state index contributed by atoms with van der Waals surface area (Å²) >= 11 is 0. The predicted octanol–water partition coefficient (Wildman–Crippen LogP) is 2.15. The minimum atomic E-state index is -1.25. The summed E-state index contributed by atoms with van der Waals surface area (Å²) in [5.41, 5.74) is -0.908. The zero-order valence-corrected chi connectivity index (χ0v) is 13.6. The summed E-state index contributed by atoms with van der Waals surface area (Å²) in [5.74, 6) is -2.53. The van der Waals surface area contributed by atoms with Crippen molar-refractivity contribution in [3.8, 4) is 0 Å². The van der Waals surface area contributed by atoms with E-state index in [-0.39, 0.29) is 17.8 Å². The van der Waals surface area contributed by atoms with Crippen LogP contribution in [0.25, 0.3) is 0 Å². The molecule has 0 aliphatic carbocycles. The van der Waals surface area contributed by atoms with Crippen molar-refractivity contribution in [1.82, 2.24) is 5.32 Å². The molecule has 1 aromatic rings. The maximum atomic E-state index is 14.1. The molecule has 0 spiro atoms. The van der Waals surface area contributed by atoms with E-state index in [1.54, 1.807) is 20.8 Å². The van der Waals surface area contributed by atoms with Gasteiger partial charge in [0, 0.05) is 6.54 Å². The maximum Gasteiger partial charge on any atom is 0.408 e. The van der Waals surface area contributed by atoms with E-state index in [0.29, 0.717) is 6.42 Å². The van der Waals surface area contributed by atoms with Crippen molar-refractivity contribution in [3.63, 3.8) is 0 Å². The molecule has 130 valence electrons. The maximum absolute atomic E-state index is 14.1. The summed E-state index contributed by atoms with van der Waals surface area (Å²) in [4.78, 5) is 36.1. The first-order chi connectivity index (χ1) is 11.1. The number of amides is 2. The van der Waals surface area contributed by atoms with Crippen molar-refractivity contribution in [2.75, 3.05) is 11.4 Å². The number of carboxylic acids is 1. The van der Waals surface area contributed by atoms with Gasteiger partial charge in [0.25, 0.3) is 0 Å². The zero-order chi connectivity index (χ0) is 18.1. The highest BCUT2D eigenvalue weighted by atomic mass is 19.1. The van der Waals surface area contributed by atoms with Crippen LogP contribution in [0, 0.1) is 5.82 Å². The molecule has 7 nitrogen and oxygen atoms in total. The summed E-state index contributed by atoms with van der Waals surface area (Å²) in [6, 6.07) is 2.52. The number of aromatic carboxylic acids is 1. The molecule has 1 unspecified atom stereocenters. The van der Waals surface area contributed by atoms with Crippen LogP contribution in [-0.2, 0) is 9.53 Å². The lowest BCUT2D eigenvalue weighted by Gasteiger charge is -2.22. The molecular weight excluding hydrogens is 319 g/mol. The first-order valence-electron chi connectivity index (χ1n) is 7.42. The van der Waals surface area contributed by atoms with Crippen LogP contribution in [0.15, 0.2) is 18.2 Å². The van der Waals surface area contributed by atoms with Gasteiger partial charge in [-0.15, -0.1) is 0 Å². The molecule has 1 atom stereocenters. The van der Waals surface area contributed by atoms with Crippen LogP contribution in [0.5, 0.6) is 0 Å². The summed E-state index contributed by atoms with van der Waals surface area (Å²) < 4.78 is 19.2. The van der Waals surface area contributed by atoms with Gasteiger partial charge in [0.2, 0.25) is 5.91 Å². The number of benzene rings is 1.